The topological polar surface area (TPSA) is 83.8 Å². The molecule has 0 fully saturated rings. The lowest BCUT2D eigenvalue weighted by Crippen LogP contribution is -2.03. The average Bonchev–Trinajstić information content (AvgIpc) is 2.06. The molecular formula is C6H12O5. The van der Waals surface area contributed by atoms with E-state index in [0.29, 0.717) is 13.2 Å². The summed E-state index contributed by atoms with van der Waals surface area (Å²) < 4.78 is 4.63. The maximum absolute atomic E-state index is 8.81. The summed E-state index contributed by atoms with van der Waals surface area (Å²) in [5, 5.41) is 16.2. The Balaban J connectivity index is 0. The Hall–Kier alpha value is -0.780. The molecule has 0 radical (unpaired) electrons. The van der Waals surface area contributed by atoms with Crippen molar-refractivity contribution in [2.24, 2.45) is 0 Å². The van der Waals surface area contributed by atoms with Crippen LogP contribution in [0, 0.1) is 0 Å². The van der Waals surface area contributed by atoms with E-state index in [1.807, 2.05) is 0 Å². The van der Waals surface area contributed by atoms with E-state index >= 15 is 0 Å². The van der Waals surface area contributed by atoms with E-state index in [4.69, 9.17) is 19.8 Å². The van der Waals surface area contributed by atoms with Crippen LogP contribution in [0.2, 0.25) is 0 Å². The van der Waals surface area contributed by atoms with Crippen LogP contribution in [-0.2, 0) is 14.3 Å². The normalized spacial score (nSPS) is 7.82. The molecule has 66 valence electrons. The van der Waals surface area contributed by atoms with Gasteiger partial charge in [0, 0.05) is 0 Å². The maximum Gasteiger partial charge on any atom is 0.182 e. The van der Waals surface area contributed by atoms with E-state index in [-0.39, 0.29) is 25.8 Å². The summed E-state index contributed by atoms with van der Waals surface area (Å²) in [7, 11) is 0. The van der Waals surface area contributed by atoms with Gasteiger partial charge in [-0.15, -0.1) is 0 Å². The first-order valence-electron chi connectivity index (χ1n) is 3.01. The van der Waals surface area contributed by atoms with Crippen LogP contribution in [0.25, 0.3) is 0 Å². The van der Waals surface area contributed by atoms with Crippen LogP contribution in [0.1, 0.15) is 0 Å². The maximum atomic E-state index is 8.81. The SMILES string of the molecule is O=CC=O.OCCOCCO. The van der Waals surface area contributed by atoms with Gasteiger partial charge < -0.3 is 14.9 Å². The molecular weight excluding hydrogens is 152 g/mol. The van der Waals surface area contributed by atoms with E-state index in [9.17, 15) is 0 Å². The second-order valence-corrected chi connectivity index (χ2v) is 1.33. The molecule has 0 aromatic carbocycles. The average molecular weight is 164 g/mol. The quantitative estimate of drug-likeness (QED) is 0.289. The van der Waals surface area contributed by atoms with Crippen LogP contribution >= 0.6 is 0 Å². The molecule has 0 saturated carbocycles. The number of aliphatic hydroxyl groups is 2. The van der Waals surface area contributed by atoms with Gasteiger partial charge in [-0.25, -0.2) is 0 Å². The number of aliphatic hydroxyl groups excluding tert-OH is 2. The fourth-order valence-corrected chi connectivity index (χ4v) is 0.231. The summed E-state index contributed by atoms with van der Waals surface area (Å²) in [6, 6.07) is 0. The van der Waals surface area contributed by atoms with Crippen molar-refractivity contribution in [3.05, 3.63) is 0 Å². The number of ether oxygens (including phenoxy) is 1. The molecule has 0 rings (SSSR count). The van der Waals surface area contributed by atoms with Crippen LogP contribution < -0.4 is 0 Å². The van der Waals surface area contributed by atoms with Gasteiger partial charge in [-0.1, -0.05) is 0 Å². The molecule has 0 amide bonds. The summed E-state index contributed by atoms with van der Waals surface area (Å²) in [6.45, 7) is 0.696. The number of rotatable bonds is 5. The number of hydrogen-bond acceptors (Lipinski definition) is 5. The van der Waals surface area contributed by atoms with E-state index in [2.05, 4.69) is 4.74 Å². The summed E-state index contributed by atoms with van der Waals surface area (Å²) in [4.78, 5) is 17.6. The van der Waals surface area contributed by atoms with Crippen molar-refractivity contribution in [2.45, 2.75) is 0 Å². The third kappa shape index (κ3) is 27.0. The Bertz CT molecular complexity index is 73.0. The van der Waals surface area contributed by atoms with Gasteiger partial charge in [0.05, 0.1) is 26.4 Å². The highest BCUT2D eigenvalue weighted by molar-refractivity contribution is 6.09. The summed E-state index contributed by atoms with van der Waals surface area (Å²) in [5.74, 6) is 0. The van der Waals surface area contributed by atoms with Crippen molar-refractivity contribution >= 4 is 12.6 Å². The number of hydrogen-bond donors (Lipinski definition) is 2. The fraction of sp³-hybridized carbons (Fsp3) is 0.667. The van der Waals surface area contributed by atoms with Gasteiger partial charge in [-0.2, -0.15) is 0 Å². The highest BCUT2D eigenvalue weighted by Crippen LogP contribution is 1.68. The molecule has 0 aliphatic carbocycles. The fourth-order valence-electron chi connectivity index (χ4n) is 0.231. The summed E-state index contributed by atoms with van der Waals surface area (Å²) >= 11 is 0. The lowest BCUT2D eigenvalue weighted by atomic mass is 10.7. The lowest BCUT2D eigenvalue weighted by molar-refractivity contribution is -0.122. The van der Waals surface area contributed by atoms with Gasteiger partial charge >= 0.3 is 0 Å². The molecule has 0 bridgehead atoms. The Kier molecular flexibility index (Phi) is 18.8. The van der Waals surface area contributed by atoms with Gasteiger partial charge in [0.25, 0.3) is 0 Å². The van der Waals surface area contributed by atoms with Gasteiger partial charge in [-0.05, 0) is 0 Å². The van der Waals surface area contributed by atoms with Crippen molar-refractivity contribution in [3.8, 4) is 0 Å². The predicted octanol–water partition coefficient (Wildman–Crippen LogP) is -1.63. The van der Waals surface area contributed by atoms with Crippen molar-refractivity contribution in [2.75, 3.05) is 26.4 Å². The van der Waals surface area contributed by atoms with Crippen LogP contribution in [0.5, 0.6) is 0 Å². The molecule has 0 heterocycles. The van der Waals surface area contributed by atoms with Crippen LogP contribution in [0.15, 0.2) is 0 Å². The second kappa shape index (κ2) is 16.1. The van der Waals surface area contributed by atoms with Gasteiger partial charge in [0.2, 0.25) is 0 Å². The minimum atomic E-state index is 0.0278. The molecule has 11 heavy (non-hydrogen) atoms. The van der Waals surface area contributed by atoms with Crippen LogP contribution in [0.3, 0.4) is 0 Å². The first-order chi connectivity index (χ1) is 5.33. The third-order valence-electron chi connectivity index (χ3n) is 0.527. The second-order valence-electron chi connectivity index (χ2n) is 1.33. The van der Waals surface area contributed by atoms with E-state index < -0.39 is 0 Å². The molecule has 2 N–H and O–H groups in total. The lowest BCUT2D eigenvalue weighted by Gasteiger charge is -1.94. The molecule has 0 atom stereocenters. The predicted molar refractivity (Wildman–Crippen MR) is 37.1 cm³/mol. The zero-order chi connectivity index (χ0) is 8.95. The molecule has 0 aliphatic heterocycles. The molecule has 0 aromatic heterocycles. The molecule has 5 heteroatoms. The summed E-state index contributed by atoms with van der Waals surface area (Å²) in [5.41, 5.74) is 0. The van der Waals surface area contributed by atoms with E-state index in [1.165, 1.54) is 0 Å². The highest BCUT2D eigenvalue weighted by Gasteiger charge is 1.79. The monoisotopic (exact) mass is 164 g/mol. The molecule has 0 aromatic rings. The van der Waals surface area contributed by atoms with Gasteiger partial charge in [0.15, 0.2) is 12.6 Å². The third-order valence-corrected chi connectivity index (χ3v) is 0.527. The van der Waals surface area contributed by atoms with Crippen molar-refractivity contribution in [1.29, 1.82) is 0 Å². The van der Waals surface area contributed by atoms with E-state index in [0.717, 1.165) is 0 Å². The standard InChI is InChI=1S/C4H10O3.C2H2O2/c5-1-3-7-4-2-6;3-1-2-4/h5-6H,1-4H2;1-2H. The summed E-state index contributed by atoms with van der Waals surface area (Å²) in [6.07, 6.45) is 0.389. The van der Waals surface area contributed by atoms with Crippen molar-refractivity contribution in [3.63, 3.8) is 0 Å². The minimum absolute atomic E-state index is 0.0278. The number of aldehydes is 2. The Morgan fingerprint density at radius 1 is 1.00 bits per heavy atom. The molecule has 5 nitrogen and oxygen atoms in total. The highest BCUT2D eigenvalue weighted by atomic mass is 16.5. The van der Waals surface area contributed by atoms with Crippen LogP contribution in [-0.4, -0.2) is 49.2 Å². The Morgan fingerprint density at radius 3 is 1.55 bits per heavy atom. The van der Waals surface area contributed by atoms with Crippen molar-refractivity contribution in [1.82, 2.24) is 0 Å². The molecule has 0 unspecified atom stereocenters. The molecule has 0 aliphatic rings. The zero-order valence-electron chi connectivity index (χ0n) is 6.10. The zero-order valence-corrected chi connectivity index (χ0v) is 6.10. The van der Waals surface area contributed by atoms with Crippen molar-refractivity contribution < 1.29 is 24.5 Å². The number of carbonyl (C=O) groups is 2. The largest absolute Gasteiger partial charge is 0.394 e. The minimum Gasteiger partial charge on any atom is -0.394 e. The molecule has 0 saturated heterocycles. The smallest absolute Gasteiger partial charge is 0.182 e. The van der Waals surface area contributed by atoms with Gasteiger partial charge in [0.1, 0.15) is 0 Å². The molecule has 0 spiro atoms. The Morgan fingerprint density at radius 2 is 1.36 bits per heavy atom. The van der Waals surface area contributed by atoms with E-state index in [1.54, 1.807) is 0 Å². The van der Waals surface area contributed by atoms with Crippen LogP contribution in [0.4, 0.5) is 0 Å². The first kappa shape index (κ1) is 12.9. The Labute approximate surface area is 64.6 Å². The number of carbonyl (C=O) groups excluding carboxylic acids is 2. The first-order valence-corrected chi connectivity index (χ1v) is 3.01. The van der Waals surface area contributed by atoms with Gasteiger partial charge in [-0.3, -0.25) is 9.59 Å².